The standard InChI is InChI=1S/C14H17N3OS3/c1-9(13(15)19)16-3-5-17(6-4-16)14(18)12-8-11-10(21-12)2-7-20-11/h2,7-9H,3-6H2,1H3,(H2,15,19). The Kier molecular flexibility index (Phi) is 4.26. The summed E-state index contributed by atoms with van der Waals surface area (Å²) >= 11 is 8.31. The summed E-state index contributed by atoms with van der Waals surface area (Å²) in [6.45, 7) is 5.13. The summed E-state index contributed by atoms with van der Waals surface area (Å²) in [7, 11) is 0. The summed E-state index contributed by atoms with van der Waals surface area (Å²) in [6, 6.07) is 4.18. The zero-order chi connectivity index (χ0) is 15.0. The average Bonchev–Trinajstić information content (AvgIpc) is 3.07. The molecule has 7 heteroatoms. The fourth-order valence-electron chi connectivity index (χ4n) is 2.52. The van der Waals surface area contributed by atoms with Gasteiger partial charge in [0.2, 0.25) is 0 Å². The molecule has 4 nitrogen and oxygen atoms in total. The van der Waals surface area contributed by atoms with E-state index in [1.54, 1.807) is 22.7 Å². The van der Waals surface area contributed by atoms with Crippen LogP contribution in [-0.2, 0) is 0 Å². The number of piperazine rings is 1. The van der Waals surface area contributed by atoms with Crippen molar-refractivity contribution in [1.82, 2.24) is 9.80 Å². The molecule has 21 heavy (non-hydrogen) atoms. The van der Waals surface area contributed by atoms with Gasteiger partial charge in [-0.3, -0.25) is 9.69 Å². The third kappa shape index (κ3) is 2.96. The van der Waals surface area contributed by atoms with Crippen molar-refractivity contribution in [2.45, 2.75) is 13.0 Å². The molecule has 0 aliphatic carbocycles. The van der Waals surface area contributed by atoms with E-state index in [1.807, 2.05) is 17.9 Å². The van der Waals surface area contributed by atoms with Crippen LogP contribution in [0.5, 0.6) is 0 Å². The maximum absolute atomic E-state index is 12.5. The van der Waals surface area contributed by atoms with Gasteiger partial charge in [-0.25, -0.2) is 0 Å². The van der Waals surface area contributed by atoms with Crippen LogP contribution in [0, 0.1) is 0 Å². The Bertz CT molecular complexity index is 641. The number of amides is 1. The Morgan fingerprint density at radius 1 is 1.33 bits per heavy atom. The highest BCUT2D eigenvalue weighted by Gasteiger charge is 2.26. The summed E-state index contributed by atoms with van der Waals surface area (Å²) in [5.41, 5.74) is 5.70. The molecule has 1 atom stereocenters. The van der Waals surface area contributed by atoms with Gasteiger partial charge in [-0.15, -0.1) is 22.7 Å². The molecule has 112 valence electrons. The van der Waals surface area contributed by atoms with Crippen LogP contribution in [0.2, 0.25) is 0 Å². The first kappa shape index (κ1) is 14.9. The number of carbonyl (C=O) groups excluding carboxylic acids is 1. The van der Waals surface area contributed by atoms with Gasteiger partial charge in [-0.2, -0.15) is 0 Å². The molecule has 2 aromatic rings. The number of carbonyl (C=O) groups is 1. The van der Waals surface area contributed by atoms with Crippen molar-refractivity contribution in [2.24, 2.45) is 5.73 Å². The molecular formula is C14H17N3OS3. The molecule has 1 aliphatic rings. The fraction of sp³-hybridized carbons (Fsp3) is 0.429. The van der Waals surface area contributed by atoms with Gasteiger partial charge < -0.3 is 10.6 Å². The Balaban J connectivity index is 1.65. The maximum atomic E-state index is 12.5. The fourth-order valence-corrected chi connectivity index (χ4v) is 4.74. The lowest BCUT2D eigenvalue weighted by atomic mass is 10.2. The van der Waals surface area contributed by atoms with E-state index < -0.39 is 0 Å². The minimum atomic E-state index is 0.101. The second-order valence-corrected chi connectivity index (χ2v) is 7.67. The number of rotatable bonds is 3. The maximum Gasteiger partial charge on any atom is 0.264 e. The van der Waals surface area contributed by atoms with Gasteiger partial charge in [-0.05, 0) is 24.4 Å². The molecule has 1 aliphatic heterocycles. The van der Waals surface area contributed by atoms with Crippen molar-refractivity contribution in [3.63, 3.8) is 0 Å². The number of hydrogen-bond acceptors (Lipinski definition) is 5. The number of nitrogens with zero attached hydrogens (tertiary/aromatic N) is 2. The van der Waals surface area contributed by atoms with Gasteiger partial charge in [-0.1, -0.05) is 12.2 Å². The third-order valence-corrected chi connectivity index (χ3v) is 6.33. The van der Waals surface area contributed by atoms with Crippen molar-refractivity contribution >= 4 is 55.2 Å². The van der Waals surface area contributed by atoms with Crippen molar-refractivity contribution in [3.05, 3.63) is 22.4 Å². The van der Waals surface area contributed by atoms with E-state index in [4.69, 9.17) is 18.0 Å². The molecule has 3 rings (SSSR count). The van der Waals surface area contributed by atoms with E-state index in [0.717, 1.165) is 31.1 Å². The number of fused-ring (bicyclic) bond motifs is 1. The van der Waals surface area contributed by atoms with E-state index in [2.05, 4.69) is 16.3 Å². The predicted octanol–water partition coefficient (Wildman–Crippen LogP) is 2.40. The molecule has 0 bridgehead atoms. The van der Waals surface area contributed by atoms with E-state index in [1.165, 1.54) is 9.40 Å². The van der Waals surface area contributed by atoms with Crippen molar-refractivity contribution in [1.29, 1.82) is 0 Å². The summed E-state index contributed by atoms with van der Waals surface area (Å²) in [6.07, 6.45) is 0. The van der Waals surface area contributed by atoms with Gasteiger partial charge in [0.25, 0.3) is 5.91 Å². The Hall–Kier alpha value is -1.02. The van der Waals surface area contributed by atoms with E-state index >= 15 is 0 Å². The molecule has 0 radical (unpaired) electrons. The molecule has 1 fully saturated rings. The first-order valence-electron chi connectivity index (χ1n) is 6.86. The second kappa shape index (κ2) is 6.00. The minimum absolute atomic E-state index is 0.101. The molecule has 2 N–H and O–H groups in total. The van der Waals surface area contributed by atoms with Gasteiger partial charge in [0.15, 0.2) is 0 Å². The summed E-state index contributed by atoms with van der Waals surface area (Å²) < 4.78 is 2.40. The SMILES string of the molecule is CC(C(N)=S)N1CCN(C(=O)c2cc3sccc3s2)CC1. The van der Waals surface area contributed by atoms with Gasteiger partial charge >= 0.3 is 0 Å². The van der Waals surface area contributed by atoms with Crippen molar-refractivity contribution in [2.75, 3.05) is 26.2 Å². The minimum Gasteiger partial charge on any atom is -0.392 e. The molecule has 0 saturated carbocycles. The lowest BCUT2D eigenvalue weighted by molar-refractivity contribution is 0.0626. The molecule has 1 saturated heterocycles. The van der Waals surface area contributed by atoms with Crippen molar-refractivity contribution < 1.29 is 4.79 Å². The molecule has 2 aromatic heterocycles. The first-order valence-corrected chi connectivity index (χ1v) is 8.96. The number of thiophene rings is 2. The van der Waals surface area contributed by atoms with Crippen LogP contribution in [0.15, 0.2) is 17.5 Å². The van der Waals surface area contributed by atoms with Crippen LogP contribution in [0.4, 0.5) is 0 Å². The second-order valence-electron chi connectivity index (χ2n) is 5.17. The largest absolute Gasteiger partial charge is 0.392 e. The van der Waals surface area contributed by atoms with Crippen molar-refractivity contribution in [3.8, 4) is 0 Å². The number of hydrogen-bond donors (Lipinski definition) is 1. The van der Waals surface area contributed by atoms with Gasteiger partial charge in [0, 0.05) is 35.6 Å². The van der Waals surface area contributed by atoms with Crippen LogP contribution in [-0.4, -0.2) is 52.9 Å². The van der Waals surface area contributed by atoms with Gasteiger partial charge in [0.1, 0.15) is 0 Å². The molecular weight excluding hydrogens is 322 g/mol. The van der Waals surface area contributed by atoms with E-state index in [9.17, 15) is 4.79 Å². The van der Waals surface area contributed by atoms with Gasteiger partial charge in [0.05, 0.1) is 15.9 Å². The number of nitrogens with two attached hydrogens (primary N) is 1. The quantitative estimate of drug-likeness (QED) is 0.873. The predicted molar refractivity (Wildman–Crippen MR) is 93.4 cm³/mol. The summed E-state index contributed by atoms with van der Waals surface area (Å²) in [4.78, 5) is 18.1. The van der Waals surface area contributed by atoms with Crippen LogP contribution in [0.3, 0.4) is 0 Å². The lowest BCUT2D eigenvalue weighted by Crippen LogP contribution is -2.53. The monoisotopic (exact) mass is 339 g/mol. The lowest BCUT2D eigenvalue weighted by Gasteiger charge is -2.37. The summed E-state index contributed by atoms with van der Waals surface area (Å²) in [5, 5.41) is 2.06. The Labute approximate surface area is 137 Å². The Morgan fingerprint density at radius 2 is 2.05 bits per heavy atom. The summed E-state index contributed by atoms with van der Waals surface area (Å²) in [5.74, 6) is 0.144. The van der Waals surface area contributed by atoms with Crippen LogP contribution in [0.1, 0.15) is 16.6 Å². The highest BCUT2D eigenvalue weighted by Crippen LogP contribution is 2.30. The smallest absolute Gasteiger partial charge is 0.264 e. The molecule has 0 spiro atoms. The first-order chi connectivity index (χ1) is 10.1. The zero-order valence-corrected chi connectivity index (χ0v) is 14.2. The normalized spacial score (nSPS) is 18.0. The van der Waals surface area contributed by atoms with E-state index in [-0.39, 0.29) is 11.9 Å². The molecule has 3 heterocycles. The van der Waals surface area contributed by atoms with Crippen LogP contribution >= 0.6 is 34.9 Å². The Morgan fingerprint density at radius 3 is 2.67 bits per heavy atom. The molecule has 1 unspecified atom stereocenters. The third-order valence-electron chi connectivity index (χ3n) is 3.91. The highest BCUT2D eigenvalue weighted by molar-refractivity contribution is 7.80. The van der Waals surface area contributed by atoms with E-state index in [0.29, 0.717) is 4.99 Å². The highest BCUT2D eigenvalue weighted by atomic mass is 32.1. The molecule has 0 aromatic carbocycles. The topological polar surface area (TPSA) is 49.6 Å². The van der Waals surface area contributed by atoms with Crippen LogP contribution < -0.4 is 5.73 Å². The average molecular weight is 340 g/mol. The number of thiocarbonyl (C=S) groups is 1. The van der Waals surface area contributed by atoms with Crippen LogP contribution in [0.25, 0.3) is 9.40 Å². The molecule has 1 amide bonds. The zero-order valence-electron chi connectivity index (χ0n) is 11.7.